The summed E-state index contributed by atoms with van der Waals surface area (Å²) < 4.78 is 0. The Morgan fingerprint density at radius 2 is 2.06 bits per heavy atom. The molecule has 0 aliphatic rings. The van der Waals surface area contributed by atoms with Gasteiger partial charge in [-0.2, -0.15) is 0 Å². The summed E-state index contributed by atoms with van der Waals surface area (Å²) in [6, 6.07) is 6.67. The van der Waals surface area contributed by atoms with Crippen LogP contribution >= 0.6 is 0 Å². The second-order valence-corrected chi connectivity index (χ2v) is 3.62. The number of nitro groups is 1. The van der Waals surface area contributed by atoms with Gasteiger partial charge in [0.2, 0.25) is 0 Å². The molecule has 0 aliphatic carbocycles. The number of nitro benzene ring substituents is 1. The molecule has 2 rings (SSSR count). The van der Waals surface area contributed by atoms with E-state index < -0.39 is 10.9 Å². The van der Waals surface area contributed by atoms with Gasteiger partial charge < -0.3 is 5.11 Å². The van der Waals surface area contributed by atoms with Gasteiger partial charge in [-0.15, -0.1) is 0 Å². The van der Waals surface area contributed by atoms with Crippen LogP contribution in [0.15, 0.2) is 30.3 Å². The number of carboxylic acids is 1. The van der Waals surface area contributed by atoms with Crippen molar-refractivity contribution >= 4 is 28.7 Å². The molecule has 0 heterocycles. The lowest BCUT2D eigenvalue weighted by Crippen LogP contribution is -2.00. The minimum atomic E-state index is -1.18. The van der Waals surface area contributed by atoms with Gasteiger partial charge in [0, 0.05) is 23.1 Å². The number of non-ortho nitro benzene ring substituents is 1. The first-order valence-corrected chi connectivity index (χ1v) is 4.94. The Labute approximate surface area is 101 Å². The minimum absolute atomic E-state index is 0.00259. The van der Waals surface area contributed by atoms with Crippen LogP contribution < -0.4 is 0 Å². The van der Waals surface area contributed by atoms with Crippen LogP contribution in [-0.2, 0) is 0 Å². The van der Waals surface area contributed by atoms with Crippen molar-refractivity contribution in [3.8, 4) is 0 Å². The third-order valence-electron chi connectivity index (χ3n) is 2.56. The van der Waals surface area contributed by atoms with E-state index in [4.69, 9.17) is 5.11 Å². The van der Waals surface area contributed by atoms with Crippen molar-refractivity contribution in [2.45, 2.75) is 0 Å². The van der Waals surface area contributed by atoms with Crippen molar-refractivity contribution in [1.29, 1.82) is 0 Å². The number of rotatable bonds is 3. The molecule has 2 aromatic rings. The van der Waals surface area contributed by atoms with E-state index in [0.717, 1.165) is 6.07 Å². The number of carbonyl (C=O) groups excluding carboxylic acids is 1. The first kappa shape index (κ1) is 11.7. The SMILES string of the molecule is O=Cc1cc([N+](=O)[O-])cc2cccc(C(=O)O)c12. The highest BCUT2D eigenvalue weighted by Crippen LogP contribution is 2.27. The van der Waals surface area contributed by atoms with Gasteiger partial charge >= 0.3 is 5.97 Å². The first-order chi connectivity index (χ1) is 8.54. The molecule has 0 atom stereocenters. The number of fused-ring (bicyclic) bond motifs is 1. The molecule has 0 saturated heterocycles. The van der Waals surface area contributed by atoms with E-state index in [-0.39, 0.29) is 22.2 Å². The second-order valence-electron chi connectivity index (χ2n) is 3.62. The Bertz CT molecular complexity index is 677. The smallest absolute Gasteiger partial charge is 0.336 e. The Kier molecular flexibility index (Phi) is 2.77. The van der Waals surface area contributed by atoms with Crippen molar-refractivity contribution in [3.63, 3.8) is 0 Å². The highest BCUT2D eigenvalue weighted by atomic mass is 16.6. The zero-order chi connectivity index (χ0) is 13.3. The predicted octanol–water partition coefficient (Wildman–Crippen LogP) is 2.26. The number of aldehydes is 1. The average Bonchev–Trinajstić information content (AvgIpc) is 2.36. The van der Waals surface area contributed by atoms with Gasteiger partial charge in [-0.25, -0.2) is 4.79 Å². The summed E-state index contributed by atoms with van der Waals surface area (Å²) in [4.78, 5) is 32.1. The van der Waals surface area contributed by atoms with Crippen LogP contribution in [0, 0.1) is 10.1 Å². The Morgan fingerprint density at radius 1 is 1.33 bits per heavy atom. The van der Waals surface area contributed by atoms with Gasteiger partial charge in [0.1, 0.15) is 0 Å². The molecule has 6 nitrogen and oxygen atoms in total. The summed E-state index contributed by atoms with van der Waals surface area (Å²) in [5, 5.41) is 20.3. The molecule has 0 amide bonds. The van der Waals surface area contributed by atoms with E-state index in [0.29, 0.717) is 11.7 Å². The van der Waals surface area contributed by atoms with Gasteiger partial charge in [-0.3, -0.25) is 14.9 Å². The number of benzene rings is 2. The minimum Gasteiger partial charge on any atom is -0.478 e. The standard InChI is InChI=1S/C12H7NO5/c14-6-8-5-9(13(17)18)4-7-2-1-3-10(11(7)8)12(15)16/h1-6H,(H,15,16). The van der Waals surface area contributed by atoms with E-state index in [1.807, 2.05) is 0 Å². The molecular formula is C12H7NO5. The highest BCUT2D eigenvalue weighted by molar-refractivity contribution is 6.10. The van der Waals surface area contributed by atoms with E-state index in [1.165, 1.54) is 24.3 Å². The highest BCUT2D eigenvalue weighted by Gasteiger charge is 2.16. The van der Waals surface area contributed by atoms with Gasteiger partial charge in [0.05, 0.1) is 10.5 Å². The van der Waals surface area contributed by atoms with E-state index in [9.17, 15) is 19.7 Å². The van der Waals surface area contributed by atoms with Crippen molar-refractivity contribution in [1.82, 2.24) is 0 Å². The van der Waals surface area contributed by atoms with Crippen molar-refractivity contribution in [3.05, 3.63) is 51.6 Å². The van der Waals surface area contributed by atoms with Crippen molar-refractivity contribution in [2.24, 2.45) is 0 Å². The molecule has 1 N–H and O–H groups in total. The van der Waals surface area contributed by atoms with E-state index in [1.54, 1.807) is 0 Å². The predicted molar refractivity (Wildman–Crippen MR) is 62.9 cm³/mol. The number of nitrogens with zero attached hydrogens (tertiary/aromatic N) is 1. The summed E-state index contributed by atoms with van der Waals surface area (Å²) in [6.45, 7) is 0. The molecule has 0 radical (unpaired) electrons. The fourth-order valence-corrected chi connectivity index (χ4v) is 1.82. The summed E-state index contributed by atoms with van der Waals surface area (Å²) in [5.74, 6) is -1.18. The number of hydrogen-bond donors (Lipinski definition) is 1. The van der Waals surface area contributed by atoms with Crippen LogP contribution in [0.1, 0.15) is 20.7 Å². The van der Waals surface area contributed by atoms with Crippen LogP contribution in [0.3, 0.4) is 0 Å². The van der Waals surface area contributed by atoms with Crippen molar-refractivity contribution < 1.29 is 19.6 Å². The van der Waals surface area contributed by atoms with Crippen LogP contribution in [0.4, 0.5) is 5.69 Å². The van der Waals surface area contributed by atoms with Crippen LogP contribution in [0.5, 0.6) is 0 Å². The molecular weight excluding hydrogens is 238 g/mol. The number of carboxylic acid groups (broad SMARTS) is 1. The van der Waals surface area contributed by atoms with Crippen LogP contribution in [-0.4, -0.2) is 22.3 Å². The monoisotopic (exact) mass is 245 g/mol. The average molecular weight is 245 g/mol. The number of carbonyl (C=O) groups is 2. The fraction of sp³-hybridized carbons (Fsp3) is 0. The lowest BCUT2D eigenvalue weighted by atomic mass is 9.99. The van der Waals surface area contributed by atoms with Gasteiger partial charge in [0.25, 0.3) is 5.69 Å². The summed E-state index contributed by atoms with van der Waals surface area (Å²) in [6.07, 6.45) is 0.418. The van der Waals surface area contributed by atoms with E-state index in [2.05, 4.69) is 0 Å². The molecule has 90 valence electrons. The quantitative estimate of drug-likeness (QED) is 0.508. The zero-order valence-corrected chi connectivity index (χ0v) is 8.99. The molecule has 6 heteroatoms. The van der Waals surface area contributed by atoms with E-state index >= 15 is 0 Å². The molecule has 0 saturated carbocycles. The zero-order valence-electron chi connectivity index (χ0n) is 8.99. The molecule has 0 bridgehead atoms. The maximum absolute atomic E-state index is 11.1. The maximum Gasteiger partial charge on any atom is 0.336 e. The molecule has 2 aromatic carbocycles. The topological polar surface area (TPSA) is 97.5 Å². The van der Waals surface area contributed by atoms with Gasteiger partial charge in [-0.05, 0) is 11.5 Å². The molecule has 0 spiro atoms. The van der Waals surface area contributed by atoms with Gasteiger partial charge in [-0.1, -0.05) is 12.1 Å². The molecule has 0 aromatic heterocycles. The Balaban J connectivity index is 2.91. The summed E-state index contributed by atoms with van der Waals surface area (Å²) in [5.41, 5.74) is -0.297. The first-order valence-electron chi connectivity index (χ1n) is 4.94. The maximum atomic E-state index is 11.1. The Morgan fingerprint density at radius 3 is 2.61 bits per heavy atom. The fourth-order valence-electron chi connectivity index (χ4n) is 1.82. The van der Waals surface area contributed by atoms with Gasteiger partial charge in [0.15, 0.2) is 6.29 Å². The third-order valence-corrected chi connectivity index (χ3v) is 2.56. The second kappa shape index (κ2) is 4.25. The lowest BCUT2D eigenvalue weighted by molar-refractivity contribution is -0.384. The molecule has 18 heavy (non-hydrogen) atoms. The largest absolute Gasteiger partial charge is 0.478 e. The number of hydrogen-bond acceptors (Lipinski definition) is 4. The third kappa shape index (κ3) is 1.80. The molecule has 0 unspecified atom stereocenters. The van der Waals surface area contributed by atoms with Crippen molar-refractivity contribution in [2.75, 3.05) is 0 Å². The number of aromatic carboxylic acids is 1. The molecule has 0 aliphatic heterocycles. The lowest BCUT2D eigenvalue weighted by Gasteiger charge is -2.05. The summed E-state index contributed by atoms with van der Waals surface area (Å²) in [7, 11) is 0. The Hall–Kier alpha value is -2.76. The van der Waals surface area contributed by atoms with Crippen LogP contribution in [0.2, 0.25) is 0 Å². The normalized spacial score (nSPS) is 10.2. The summed E-state index contributed by atoms with van der Waals surface area (Å²) >= 11 is 0. The molecule has 0 fully saturated rings. The van der Waals surface area contributed by atoms with Crippen LogP contribution in [0.25, 0.3) is 10.8 Å².